The van der Waals surface area contributed by atoms with E-state index in [1.807, 2.05) is 35.8 Å². The lowest BCUT2D eigenvalue weighted by Crippen LogP contribution is -2.29. The molecule has 0 aliphatic carbocycles. The lowest BCUT2D eigenvalue weighted by molar-refractivity contribution is -0.113. The van der Waals surface area contributed by atoms with E-state index in [9.17, 15) is 14.0 Å². The van der Waals surface area contributed by atoms with Crippen LogP contribution in [0, 0.1) is 5.82 Å². The van der Waals surface area contributed by atoms with Gasteiger partial charge in [-0.05, 0) is 38.1 Å². The molecule has 0 aliphatic heterocycles. The molecule has 33 heavy (non-hydrogen) atoms. The van der Waals surface area contributed by atoms with E-state index in [1.165, 1.54) is 41.3 Å². The molecule has 2 aromatic heterocycles. The average molecular weight is 485 g/mol. The molecule has 2 N–H and O–H groups in total. The van der Waals surface area contributed by atoms with Gasteiger partial charge in [0.1, 0.15) is 5.82 Å². The maximum Gasteiger partial charge on any atom is 0.254 e. The van der Waals surface area contributed by atoms with Crippen LogP contribution in [0.4, 0.5) is 9.52 Å². The van der Waals surface area contributed by atoms with Crippen molar-refractivity contribution in [2.75, 3.05) is 11.1 Å². The smallest absolute Gasteiger partial charge is 0.254 e. The van der Waals surface area contributed by atoms with Gasteiger partial charge in [0.15, 0.2) is 16.1 Å². The second-order valence-corrected chi connectivity index (χ2v) is 9.06. The molecule has 0 radical (unpaired) electrons. The van der Waals surface area contributed by atoms with Crippen molar-refractivity contribution in [1.29, 1.82) is 0 Å². The molecular formula is C22H21FN6O2S2. The molecule has 0 bridgehead atoms. The quantitative estimate of drug-likeness (QED) is 0.362. The summed E-state index contributed by atoms with van der Waals surface area (Å²) in [5.74, 6) is -0.669. The molecule has 4 aromatic rings. The number of rotatable bonds is 8. The topological polar surface area (TPSA) is 102 Å². The van der Waals surface area contributed by atoms with Gasteiger partial charge in [-0.25, -0.2) is 9.37 Å². The van der Waals surface area contributed by atoms with E-state index in [0.717, 1.165) is 10.2 Å². The number of para-hydroxylation sites is 1. The Balaban J connectivity index is 1.39. The summed E-state index contributed by atoms with van der Waals surface area (Å²) < 4.78 is 16.7. The van der Waals surface area contributed by atoms with Gasteiger partial charge in [0.2, 0.25) is 5.91 Å². The summed E-state index contributed by atoms with van der Waals surface area (Å²) in [6.45, 7) is 4.22. The van der Waals surface area contributed by atoms with Crippen LogP contribution in [0.2, 0.25) is 0 Å². The van der Waals surface area contributed by atoms with Crippen LogP contribution in [-0.4, -0.2) is 37.3 Å². The summed E-state index contributed by atoms with van der Waals surface area (Å²) in [5, 5.41) is 15.0. The Kier molecular flexibility index (Phi) is 6.99. The number of nitrogens with zero attached hydrogens (tertiary/aromatic N) is 4. The number of halogens is 1. The van der Waals surface area contributed by atoms with Gasteiger partial charge in [-0.3, -0.25) is 9.59 Å². The Morgan fingerprint density at radius 1 is 1.15 bits per heavy atom. The Morgan fingerprint density at radius 2 is 1.91 bits per heavy atom. The van der Waals surface area contributed by atoms with Gasteiger partial charge in [0.25, 0.3) is 5.91 Å². The summed E-state index contributed by atoms with van der Waals surface area (Å²) in [4.78, 5) is 29.3. The van der Waals surface area contributed by atoms with Gasteiger partial charge < -0.3 is 15.2 Å². The maximum atomic E-state index is 13.9. The van der Waals surface area contributed by atoms with Crippen LogP contribution in [0.5, 0.6) is 0 Å². The molecule has 2 aromatic carbocycles. The molecular weight excluding hydrogens is 463 g/mol. The number of nitrogens with one attached hydrogen (secondary N) is 2. The number of hydrogen-bond acceptors (Lipinski definition) is 7. The van der Waals surface area contributed by atoms with Crippen LogP contribution >= 0.6 is 23.1 Å². The molecule has 0 saturated heterocycles. The number of carbonyl (C=O) groups excluding carboxylic acids is 2. The fourth-order valence-electron chi connectivity index (χ4n) is 3.22. The highest BCUT2D eigenvalue weighted by molar-refractivity contribution is 7.99. The van der Waals surface area contributed by atoms with Crippen LogP contribution in [-0.2, 0) is 11.3 Å². The molecule has 11 heteroatoms. The Hall–Kier alpha value is -3.31. The average Bonchev–Trinajstić information content (AvgIpc) is 3.40. The third kappa shape index (κ3) is 5.20. The number of hydrogen-bond donors (Lipinski definition) is 2. The monoisotopic (exact) mass is 484 g/mol. The van der Waals surface area contributed by atoms with Gasteiger partial charge >= 0.3 is 0 Å². The molecule has 0 saturated carbocycles. The maximum absolute atomic E-state index is 13.9. The predicted octanol–water partition coefficient (Wildman–Crippen LogP) is 4.27. The molecule has 170 valence electrons. The standard InChI is InChI=1S/C22H21FN6O2S2/c1-3-29-19(13(2)24-20(31)14-8-4-5-9-15(14)23)27-28-22(29)32-12-18(30)26-21-25-16-10-6-7-11-17(16)33-21/h4-11,13H,3,12H2,1-2H3,(H,24,31)(H,25,26,30)/t13-/m0/s1. The number of benzene rings is 2. The highest BCUT2D eigenvalue weighted by Crippen LogP contribution is 2.26. The number of aromatic nitrogens is 4. The molecule has 0 fully saturated rings. The van der Waals surface area contributed by atoms with Crippen LogP contribution in [0.15, 0.2) is 53.7 Å². The van der Waals surface area contributed by atoms with Crippen LogP contribution < -0.4 is 10.6 Å². The predicted molar refractivity (Wildman–Crippen MR) is 127 cm³/mol. The van der Waals surface area contributed by atoms with Crippen LogP contribution in [0.1, 0.15) is 36.1 Å². The summed E-state index contributed by atoms with van der Waals surface area (Å²) in [7, 11) is 0. The van der Waals surface area contributed by atoms with Crippen molar-refractivity contribution < 1.29 is 14.0 Å². The minimum Gasteiger partial charge on any atom is -0.342 e. The first-order valence-electron chi connectivity index (χ1n) is 10.2. The van der Waals surface area contributed by atoms with Gasteiger partial charge in [0, 0.05) is 6.54 Å². The van der Waals surface area contributed by atoms with Crippen LogP contribution in [0.25, 0.3) is 10.2 Å². The fourth-order valence-corrected chi connectivity index (χ4v) is 4.91. The Bertz CT molecular complexity index is 1270. The number of thiazole rings is 1. The fraction of sp³-hybridized carbons (Fsp3) is 0.227. The van der Waals surface area contributed by atoms with Crippen LogP contribution in [0.3, 0.4) is 0 Å². The molecule has 0 unspecified atom stereocenters. The first-order chi connectivity index (χ1) is 16.0. The highest BCUT2D eigenvalue weighted by atomic mass is 32.2. The summed E-state index contributed by atoms with van der Waals surface area (Å²) >= 11 is 2.66. The van der Waals surface area contributed by atoms with Crippen molar-refractivity contribution in [2.24, 2.45) is 0 Å². The lowest BCUT2D eigenvalue weighted by atomic mass is 10.2. The minimum absolute atomic E-state index is 0.0342. The SMILES string of the molecule is CCn1c(SCC(=O)Nc2nc3ccccc3s2)nnc1[C@H](C)NC(=O)c1ccccc1F. The number of fused-ring (bicyclic) bond motifs is 1. The third-order valence-electron chi connectivity index (χ3n) is 4.79. The zero-order valence-electron chi connectivity index (χ0n) is 17.9. The molecule has 0 spiro atoms. The molecule has 4 rings (SSSR count). The lowest BCUT2D eigenvalue weighted by Gasteiger charge is -2.15. The zero-order valence-corrected chi connectivity index (χ0v) is 19.5. The third-order valence-corrected chi connectivity index (χ3v) is 6.71. The normalized spacial score (nSPS) is 12.0. The number of amides is 2. The van der Waals surface area contributed by atoms with Crippen molar-refractivity contribution in [3.8, 4) is 0 Å². The van der Waals surface area contributed by atoms with Crippen molar-refractivity contribution >= 4 is 50.3 Å². The highest BCUT2D eigenvalue weighted by Gasteiger charge is 2.21. The summed E-state index contributed by atoms with van der Waals surface area (Å²) in [5.41, 5.74) is 0.806. The van der Waals surface area contributed by atoms with Gasteiger partial charge in [-0.15, -0.1) is 10.2 Å². The summed E-state index contributed by atoms with van der Waals surface area (Å²) in [6.07, 6.45) is 0. The van der Waals surface area contributed by atoms with Crippen molar-refractivity contribution in [2.45, 2.75) is 31.6 Å². The van der Waals surface area contributed by atoms with E-state index in [2.05, 4.69) is 25.8 Å². The molecule has 0 aliphatic rings. The largest absolute Gasteiger partial charge is 0.342 e. The van der Waals surface area contributed by atoms with Gasteiger partial charge in [-0.1, -0.05) is 47.4 Å². The number of anilines is 1. The molecule has 8 nitrogen and oxygen atoms in total. The van der Waals surface area contributed by atoms with Crippen molar-refractivity contribution in [3.63, 3.8) is 0 Å². The van der Waals surface area contributed by atoms with Gasteiger partial charge in [0.05, 0.1) is 27.6 Å². The Labute approximate surface area is 197 Å². The second-order valence-electron chi connectivity index (χ2n) is 7.08. The van der Waals surface area contributed by atoms with E-state index >= 15 is 0 Å². The summed E-state index contributed by atoms with van der Waals surface area (Å²) in [6, 6.07) is 13.0. The van der Waals surface area contributed by atoms with E-state index in [0.29, 0.717) is 22.7 Å². The van der Waals surface area contributed by atoms with Crippen molar-refractivity contribution in [3.05, 3.63) is 65.7 Å². The number of carbonyl (C=O) groups is 2. The van der Waals surface area contributed by atoms with E-state index in [4.69, 9.17) is 0 Å². The first kappa shape index (κ1) is 22.9. The zero-order chi connectivity index (χ0) is 23.4. The van der Waals surface area contributed by atoms with Gasteiger partial charge in [-0.2, -0.15) is 0 Å². The molecule has 2 amide bonds. The Morgan fingerprint density at radius 3 is 2.67 bits per heavy atom. The number of thioether (sulfide) groups is 1. The first-order valence-corrected chi connectivity index (χ1v) is 12.0. The second kappa shape index (κ2) is 10.1. The van der Waals surface area contributed by atoms with E-state index in [1.54, 1.807) is 13.0 Å². The van der Waals surface area contributed by atoms with E-state index < -0.39 is 17.8 Å². The molecule has 2 heterocycles. The minimum atomic E-state index is -0.588. The van der Waals surface area contributed by atoms with Crippen molar-refractivity contribution in [1.82, 2.24) is 25.1 Å². The van der Waals surface area contributed by atoms with E-state index in [-0.39, 0.29) is 17.2 Å². The molecule has 1 atom stereocenters.